The average molecular weight is 365 g/mol. The van der Waals surface area contributed by atoms with E-state index in [0.29, 0.717) is 5.88 Å². The zero-order valence-electron chi connectivity index (χ0n) is 11.6. The highest BCUT2D eigenvalue weighted by molar-refractivity contribution is 9.10. The van der Waals surface area contributed by atoms with E-state index in [1.807, 2.05) is 18.3 Å². The van der Waals surface area contributed by atoms with Gasteiger partial charge in [0.25, 0.3) is 0 Å². The summed E-state index contributed by atoms with van der Waals surface area (Å²) in [5, 5.41) is 0. The molecule has 0 aliphatic rings. The predicted molar refractivity (Wildman–Crippen MR) is 89.9 cm³/mol. The number of nitrogens with zero attached hydrogens (tertiary/aromatic N) is 3. The molecule has 0 saturated heterocycles. The van der Waals surface area contributed by atoms with Crippen molar-refractivity contribution in [1.29, 1.82) is 0 Å². The van der Waals surface area contributed by atoms with Gasteiger partial charge >= 0.3 is 0 Å². The van der Waals surface area contributed by atoms with E-state index in [2.05, 4.69) is 56.7 Å². The maximum atomic E-state index is 5.93. The molecule has 3 aromatic rings. The summed E-state index contributed by atoms with van der Waals surface area (Å²) < 4.78 is 3.11. The summed E-state index contributed by atoms with van der Waals surface area (Å²) in [6.45, 7) is 2.16. The fourth-order valence-corrected chi connectivity index (χ4v) is 3.04. The summed E-state index contributed by atoms with van der Waals surface area (Å²) >= 11 is 9.38. The van der Waals surface area contributed by atoms with Gasteiger partial charge in [0.15, 0.2) is 5.65 Å². The first-order valence-electron chi connectivity index (χ1n) is 6.84. The van der Waals surface area contributed by atoms with Crippen molar-refractivity contribution in [3.8, 4) is 0 Å². The van der Waals surface area contributed by atoms with E-state index in [9.17, 15) is 0 Å². The molecule has 108 valence electrons. The number of alkyl halides is 1. The van der Waals surface area contributed by atoms with Gasteiger partial charge < -0.3 is 4.57 Å². The van der Waals surface area contributed by atoms with Crippen molar-refractivity contribution in [1.82, 2.24) is 14.5 Å². The number of benzene rings is 1. The Morgan fingerprint density at radius 3 is 2.76 bits per heavy atom. The summed E-state index contributed by atoms with van der Waals surface area (Å²) in [6.07, 6.45) is 2.54. The smallest absolute Gasteiger partial charge is 0.160 e. The molecule has 0 N–H and O–H groups in total. The van der Waals surface area contributed by atoms with Gasteiger partial charge in [0, 0.05) is 23.0 Å². The molecule has 1 aromatic carbocycles. The number of hydrogen-bond acceptors (Lipinski definition) is 2. The van der Waals surface area contributed by atoms with Crippen LogP contribution in [-0.4, -0.2) is 20.4 Å². The van der Waals surface area contributed by atoms with Crippen LogP contribution in [0, 0.1) is 0 Å². The quantitative estimate of drug-likeness (QED) is 0.634. The number of aryl methyl sites for hydroxylation is 1. The van der Waals surface area contributed by atoms with E-state index in [1.165, 1.54) is 5.56 Å². The summed E-state index contributed by atoms with van der Waals surface area (Å²) in [5.74, 6) is 1.52. The Hall–Kier alpha value is -1.39. The van der Waals surface area contributed by atoms with Crippen molar-refractivity contribution in [2.45, 2.75) is 19.4 Å². The Labute approximate surface area is 137 Å². The van der Waals surface area contributed by atoms with Crippen LogP contribution >= 0.6 is 27.5 Å². The van der Waals surface area contributed by atoms with Gasteiger partial charge in [-0.3, -0.25) is 0 Å². The van der Waals surface area contributed by atoms with Crippen molar-refractivity contribution in [3.63, 3.8) is 0 Å². The van der Waals surface area contributed by atoms with Crippen LogP contribution in [0.1, 0.15) is 24.4 Å². The molecule has 5 heteroatoms. The Balaban J connectivity index is 2.17. The van der Waals surface area contributed by atoms with Gasteiger partial charge in [-0.1, -0.05) is 30.3 Å². The van der Waals surface area contributed by atoms with Crippen LogP contribution in [0.15, 0.2) is 47.1 Å². The van der Waals surface area contributed by atoms with E-state index >= 15 is 0 Å². The lowest BCUT2D eigenvalue weighted by Crippen LogP contribution is -2.11. The molecule has 0 saturated carbocycles. The van der Waals surface area contributed by atoms with Gasteiger partial charge in [0.2, 0.25) is 0 Å². The lowest BCUT2D eigenvalue weighted by atomic mass is 10.1. The molecule has 2 aromatic heterocycles. The average Bonchev–Trinajstić information content (AvgIpc) is 2.85. The van der Waals surface area contributed by atoms with Crippen molar-refractivity contribution >= 4 is 38.7 Å². The second-order valence-corrected chi connectivity index (χ2v) is 6.21. The Morgan fingerprint density at radius 2 is 2.05 bits per heavy atom. The third-order valence-corrected chi connectivity index (χ3v) is 4.18. The highest BCUT2D eigenvalue weighted by Gasteiger charge is 2.18. The molecule has 0 aliphatic carbocycles. The number of rotatable bonds is 4. The van der Waals surface area contributed by atoms with Crippen molar-refractivity contribution < 1.29 is 0 Å². The summed E-state index contributed by atoms with van der Waals surface area (Å²) in [4.78, 5) is 9.24. The van der Waals surface area contributed by atoms with Gasteiger partial charge in [-0.2, -0.15) is 0 Å². The van der Waals surface area contributed by atoms with Crippen LogP contribution in [0.2, 0.25) is 0 Å². The molecule has 0 aliphatic heterocycles. The van der Waals surface area contributed by atoms with E-state index in [-0.39, 0.29) is 6.04 Å². The number of halogens is 2. The molecular formula is C16H15BrClN3. The lowest BCUT2D eigenvalue weighted by molar-refractivity contribution is 0.619. The third kappa shape index (κ3) is 2.83. The van der Waals surface area contributed by atoms with Crippen molar-refractivity contribution in [2.75, 3.05) is 5.88 Å². The number of hydrogen-bond donors (Lipinski definition) is 0. The summed E-state index contributed by atoms with van der Waals surface area (Å²) in [7, 11) is 0. The summed E-state index contributed by atoms with van der Waals surface area (Å²) in [5.41, 5.74) is 3.03. The third-order valence-electron chi connectivity index (χ3n) is 3.56. The molecule has 2 heterocycles. The van der Waals surface area contributed by atoms with Gasteiger partial charge in [0.05, 0.1) is 6.04 Å². The second kappa shape index (κ2) is 6.16. The molecule has 1 atom stereocenters. The predicted octanol–water partition coefficient (Wildman–Crippen LogP) is 4.58. The largest absolute Gasteiger partial charge is 0.305 e. The zero-order chi connectivity index (χ0) is 14.8. The van der Waals surface area contributed by atoms with E-state index in [0.717, 1.165) is 27.9 Å². The first-order valence-corrected chi connectivity index (χ1v) is 8.16. The Kier molecular flexibility index (Phi) is 4.27. The molecule has 21 heavy (non-hydrogen) atoms. The minimum atomic E-state index is 0.170. The van der Waals surface area contributed by atoms with Gasteiger partial charge in [-0.25, -0.2) is 9.97 Å². The second-order valence-electron chi connectivity index (χ2n) is 4.92. The topological polar surface area (TPSA) is 30.7 Å². The highest BCUT2D eigenvalue weighted by atomic mass is 79.9. The van der Waals surface area contributed by atoms with Crippen LogP contribution in [-0.2, 0) is 6.42 Å². The normalized spacial score (nSPS) is 12.7. The van der Waals surface area contributed by atoms with Gasteiger partial charge in [0.1, 0.15) is 11.3 Å². The SMILES string of the molecule is CC(c1ccccc1)n1c(CCCl)nc2cc(Br)cnc21. The fourth-order valence-electron chi connectivity index (χ4n) is 2.55. The standard InChI is InChI=1S/C16H15BrClN3/c1-11(12-5-3-2-4-6-12)21-15(7-8-18)20-14-9-13(17)10-19-16(14)21/h2-6,9-11H,7-8H2,1H3. The first-order chi connectivity index (χ1) is 10.2. The van der Waals surface area contributed by atoms with E-state index < -0.39 is 0 Å². The van der Waals surface area contributed by atoms with E-state index in [1.54, 1.807) is 0 Å². The van der Waals surface area contributed by atoms with Crippen LogP contribution < -0.4 is 0 Å². The highest BCUT2D eigenvalue weighted by Crippen LogP contribution is 2.26. The maximum absolute atomic E-state index is 5.93. The van der Waals surface area contributed by atoms with Crippen molar-refractivity contribution in [2.24, 2.45) is 0 Å². The van der Waals surface area contributed by atoms with Crippen molar-refractivity contribution in [3.05, 3.63) is 58.5 Å². The molecule has 0 bridgehead atoms. The molecular weight excluding hydrogens is 350 g/mol. The van der Waals surface area contributed by atoms with Crippen LogP contribution in [0.4, 0.5) is 0 Å². The van der Waals surface area contributed by atoms with E-state index in [4.69, 9.17) is 16.6 Å². The van der Waals surface area contributed by atoms with Crippen LogP contribution in [0.5, 0.6) is 0 Å². The van der Waals surface area contributed by atoms with Crippen LogP contribution in [0.3, 0.4) is 0 Å². The molecule has 0 fully saturated rings. The summed E-state index contributed by atoms with van der Waals surface area (Å²) in [6, 6.07) is 12.5. The van der Waals surface area contributed by atoms with Gasteiger partial charge in [-0.05, 0) is 34.5 Å². The maximum Gasteiger partial charge on any atom is 0.160 e. The molecule has 1 unspecified atom stereocenters. The fraction of sp³-hybridized carbons (Fsp3) is 0.250. The first kappa shape index (κ1) is 14.5. The Morgan fingerprint density at radius 1 is 1.29 bits per heavy atom. The number of imidazole rings is 1. The number of aromatic nitrogens is 3. The monoisotopic (exact) mass is 363 g/mol. The molecule has 0 spiro atoms. The molecule has 0 radical (unpaired) electrons. The zero-order valence-corrected chi connectivity index (χ0v) is 14.0. The number of fused-ring (bicyclic) bond motifs is 1. The molecule has 0 amide bonds. The molecule has 3 rings (SSSR count). The minimum absolute atomic E-state index is 0.170. The molecule has 3 nitrogen and oxygen atoms in total. The lowest BCUT2D eigenvalue weighted by Gasteiger charge is -2.17. The minimum Gasteiger partial charge on any atom is -0.305 e. The van der Waals surface area contributed by atoms with Gasteiger partial charge in [-0.15, -0.1) is 11.6 Å². The Bertz CT molecular complexity index is 755. The number of pyridine rings is 1. The van der Waals surface area contributed by atoms with Crippen LogP contribution in [0.25, 0.3) is 11.2 Å².